The van der Waals surface area contributed by atoms with E-state index in [1.807, 2.05) is 19.1 Å². The smallest absolute Gasteiger partial charge is 0.312 e. The van der Waals surface area contributed by atoms with Crippen LogP contribution in [0.5, 0.6) is 0 Å². The summed E-state index contributed by atoms with van der Waals surface area (Å²) in [6, 6.07) is 10.1. The van der Waals surface area contributed by atoms with E-state index in [4.69, 9.17) is 4.74 Å². The molecule has 2 amide bonds. The number of halogens is 2. The average Bonchev–Trinajstić information content (AvgIpc) is 3.06. The number of hydrogen-bond donors (Lipinski definition) is 1. The van der Waals surface area contributed by atoms with Crippen LogP contribution in [0.1, 0.15) is 18.9 Å². The molecule has 0 unspecified atom stereocenters. The Balaban J connectivity index is 1.58. The Bertz CT molecular complexity index is 946. The minimum absolute atomic E-state index is 0.0202. The number of benzene rings is 2. The summed E-state index contributed by atoms with van der Waals surface area (Å²) >= 11 is 0. The molecule has 0 radical (unpaired) electrons. The van der Waals surface area contributed by atoms with Gasteiger partial charge in [0, 0.05) is 24.7 Å². The molecule has 1 fully saturated rings. The second-order valence-corrected chi connectivity index (χ2v) is 6.93. The molecule has 1 N–H and O–H groups in total. The maximum absolute atomic E-state index is 13.6. The molecule has 2 atom stereocenters. The maximum Gasteiger partial charge on any atom is 0.312 e. The molecule has 1 aliphatic rings. The van der Waals surface area contributed by atoms with Crippen LogP contribution in [0.4, 0.5) is 20.2 Å². The van der Waals surface area contributed by atoms with Gasteiger partial charge in [0.1, 0.15) is 11.6 Å². The topological polar surface area (TPSA) is 75.7 Å². The van der Waals surface area contributed by atoms with Crippen LogP contribution in [0.2, 0.25) is 0 Å². The van der Waals surface area contributed by atoms with Crippen LogP contribution < -0.4 is 10.2 Å². The van der Waals surface area contributed by atoms with Crippen LogP contribution in [0.15, 0.2) is 42.5 Å². The van der Waals surface area contributed by atoms with Crippen molar-refractivity contribution in [2.75, 3.05) is 16.8 Å². The van der Waals surface area contributed by atoms with Gasteiger partial charge < -0.3 is 15.0 Å². The molecule has 2 aromatic rings. The lowest BCUT2D eigenvalue weighted by Crippen LogP contribution is -2.33. The lowest BCUT2D eigenvalue weighted by Gasteiger charge is -2.18. The third kappa shape index (κ3) is 4.77. The Morgan fingerprint density at radius 3 is 2.52 bits per heavy atom. The molecule has 1 aliphatic heterocycles. The number of nitrogens with one attached hydrogen (secondary N) is 1. The molecule has 1 saturated heterocycles. The van der Waals surface area contributed by atoms with Gasteiger partial charge >= 0.3 is 5.97 Å². The predicted octanol–water partition coefficient (Wildman–Crippen LogP) is 3.20. The van der Waals surface area contributed by atoms with Crippen molar-refractivity contribution in [1.82, 2.24) is 0 Å². The molecule has 0 spiro atoms. The molecular formula is C21H20F2N2O4. The minimum atomic E-state index is -1.21. The number of amides is 2. The van der Waals surface area contributed by atoms with E-state index in [9.17, 15) is 23.2 Å². The number of ether oxygens (including phenoxy) is 1. The van der Waals surface area contributed by atoms with E-state index in [0.29, 0.717) is 11.8 Å². The fourth-order valence-corrected chi connectivity index (χ4v) is 2.99. The summed E-state index contributed by atoms with van der Waals surface area (Å²) in [6.07, 6.45) is -1.23. The predicted molar refractivity (Wildman–Crippen MR) is 102 cm³/mol. The number of nitrogens with zero attached hydrogens (tertiary/aromatic N) is 1. The zero-order chi connectivity index (χ0) is 21.1. The molecule has 29 heavy (non-hydrogen) atoms. The Kier molecular flexibility index (Phi) is 5.91. The first kappa shape index (κ1) is 20.4. The summed E-state index contributed by atoms with van der Waals surface area (Å²) in [5.41, 5.74) is 1.52. The van der Waals surface area contributed by atoms with Crippen molar-refractivity contribution in [3.8, 4) is 0 Å². The quantitative estimate of drug-likeness (QED) is 0.780. The summed E-state index contributed by atoms with van der Waals surface area (Å²) in [5.74, 6) is -4.07. The van der Waals surface area contributed by atoms with E-state index in [2.05, 4.69) is 5.32 Å². The third-order valence-corrected chi connectivity index (χ3v) is 4.66. The van der Waals surface area contributed by atoms with Crippen molar-refractivity contribution in [3.63, 3.8) is 0 Å². The normalized spacial score (nSPS) is 17.2. The molecule has 0 aliphatic carbocycles. The van der Waals surface area contributed by atoms with Crippen molar-refractivity contribution in [3.05, 3.63) is 59.7 Å². The molecule has 6 nitrogen and oxygen atoms in total. The molecular weight excluding hydrogens is 382 g/mol. The van der Waals surface area contributed by atoms with Gasteiger partial charge in [-0.15, -0.1) is 0 Å². The molecule has 8 heteroatoms. The summed E-state index contributed by atoms with van der Waals surface area (Å²) in [5, 5.41) is 2.25. The van der Waals surface area contributed by atoms with Crippen molar-refractivity contribution < 1.29 is 27.9 Å². The van der Waals surface area contributed by atoms with Gasteiger partial charge in [-0.1, -0.05) is 17.7 Å². The van der Waals surface area contributed by atoms with E-state index in [1.54, 1.807) is 12.1 Å². The Morgan fingerprint density at radius 1 is 1.17 bits per heavy atom. The highest BCUT2D eigenvalue weighted by Crippen LogP contribution is 2.26. The first-order chi connectivity index (χ1) is 13.7. The average molecular weight is 402 g/mol. The van der Waals surface area contributed by atoms with E-state index < -0.39 is 35.5 Å². The highest BCUT2D eigenvalue weighted by Gasteiger charge is 2.37. The first-order valence-electron chi connectivity index (χ1n) is 9.08. The molecule has 2 aromatic carbocycles. The Hall–Kier alpha value is -3.29. The fraction of sp³-hybridized carbons (Fsp3) is 0.286. The zero-order valence-electron chi connectivity index (χ0n) is 15.9. The van der Waals surface area contributed by atoms with E-state index in [-0.39, 0.29) is 24.6 Å². The number of carbonyl (C=O) groups excluding carboxylic acids is 3. The highest BCUT2D eigenvalue weighted by molar-refractivity contribution is 6.00. The third-order valence-electron chi connectivity index (χ3n) is 4.66. The molecule has 0 saturated carbocycles. The highest BCUT2D eigenvalue weighted by atomic mass is 19.1. The Morgan fingerprint density at radius 2 is 1.86 bits per heavy atom. The van der Waals surface area contributed by atoms with Gasteiger partial charge in [0.25, 0.3) is 5.91 Å². The molecule has 0 aromatic heterocycles. The zero-order valence-corrected chi connectivity index (χ0v) is 15.9. The molecule has 3 rings (SSSR count). The summed E-state index contributed by atoms with van der Waals surface area (Å²) in [4.78, 5) is 38.3. The number of rotatable bonds is 5. The van der Waals surface area contributed by atoms with Crippen LogP contribution in [0.3, 0.4) is 0 Å². The van der Waals surface area contributed by atoms with Gasteiger partial charge in [-0.2, -0.15) is 0 Å². The molecule has 0 bridgehead atoms. The van der Waals surface area contributed by atoms with E-state index in [0.717, 1.165) is 17.7 Å². The first-order valence-corrected chi connectivity index (χ1v) is 9.08. The number of aryl methyl sites for hydroxylation is 1. The largest absolute Gasteiger partial charge is 0.452 e. The van der Waals surface area contributed by atoms with Crippen LogP contribution in [0, 0.1) is 24.5 Å². The lowest BCUT2D eigenvalue weighted by atomic mass is 10.1. The van der Waals surface area contributed by atoms with Crippen molar-refractivity contribution in [1.29, 1.82) is 0 Å². The standard InChI is InChI=1S/C21H20F2N2O4/c1-12-3-6-16(7-4-12)25-11-14(9-19(25)26)21(28)29-13(2)20(27)24-18-8-5-15(22)10-17(18)23/h3-8,10,13-14H,9,11H2,1-2H3,(H,24,27)/t13-,14-/m1/s1. The van der Waals surface area contributed by atoms with Gasteiger partial charge in [0.05, 0.1) is 11.6 Å². The van der Waals surface area contributed by atoms with Crippen LogP contribution in [0.25, 0.3) is 0 Å². The van der Waals surface area contributed by atoms with Crippen molar-refractivity contribution in [2.24, 2.45) is 5.92 Å². The van der Waals surface area contributed by atoms with Gasteiger partial charge in [-0.3, -0.25) is 14.4 Å². The summed E-state index contributed by atoms with van der Waals surface area (Å²) in [7, 11) is 0. The fourth-order valence-electron chi connectivity index (χ4n) is 2.99. The van der Waals surface area contributed by atoms with Gasteiger partial charge in [-0.05, 0) is 38.1 Å². The van der Waals surface area contributed by atoms with E-state index >= 15 is 0 Å². The SMILES string of the molecule is Cc1ccc(N2C[C@H](C(=O)O[C@H](C)C(=O)Nc3ccc(F)cc3F)CC2=O)cc1. The summed E-state index contributed by atoms with van der Waals surface area (Å²) in [6.45, 7) is 3.42. The van der Waals surface area contributed by atoms with Gasteiger partial charge in [0.15, 0.2) is 6.10 Å². The maximum atomic E-state index is 13.6. The summed E-state index contributed by atoms with van der Waals surface area (Å²) < 4.78 is 31.7. The molecule has 1 heterocycles. The molecule has 152 valence electrons. The van der Waals surface area contributed by atoms with Crippen molar-refractivity contribution in [2.45, 2.75) is 26.4 Å². The van der Waals surface area contributed by atoms with Gasteiger partial charge in [0.2, 0.25) is 5.91 Å². The number of carbonyl (C=O) groups is 3. The van der Waals surface area contributed by atoms with Crippen LogP contribution in [-0.2, 0) is 19.1 Å². The van der Waals surface area contributed by atoms with Crippen LogP contribution >= 0.6 is 0 Å². The second-order valence-electron chi connectivity index (χ2n) is 6.93. The minimum Gasteiger partial charge on any atom is -0.452 e. The lowest BCUT2D eigenvalue weighted by molar-refractivity contribution is -0.157. The second kappa shape index (κ2) is 8.38. The van der Waals surface area contributed by atoms with E-state index in [1.165, 1.54) is 11.8 Å². The monoisotopic (exact) mass is 402 g/mol. The van der Waals surface area contributed by atoms with Crippen LogP contribution in [-0.4, -0.2) is 30.4 Å². The van der Waals surface area contributed by atoms with Gasteiger partial charge in [-0.25, -0.2) is 8.78 Å². The Labute approximate surface area is 166 Å². The number of anilines is 2. The number of esters is 1. The number of hydrogen-bond acceptors (Lipinski definition) is 4. The van der Waals surface area contributed by atoms with Crippen molar-refractivity contribution >= 4 is 29.2 Å².